The van der Waals surface area contributed by atoms with Gasteiger partial charge in [-0.2, -0.15) is 5.10 Å². The van der Waals surface area contributed by atoms with E-state index < -0.39 is 20.0 Å². The Hall–Kier alpha value is -0.970. The number of aromatic nitrogens is 2. The summed E-state index contributed by atoms with van der Waals surface area (Å²) < 4.78 is 50.5. The summed E-state index contributed by atoms with van der Waals surface area (Å²) in [5.41, 5.74) is 0. The van der Waals surface area contributed by atoms with Gasteiger partial charge in [-0.05, 0) is 12.8 Å². The lowest BCUT2D eigenvalue weighted by Crippen LogP contribution is -2.46. The van der Waals surface area contributed by atoms with Crippen LogP contribution in [0.25, 0.3) is 0 Å². The van der Waals surface area contributed by atoms with Crippen molar-refractivity contribution in [2.75, 3.05) is 19.3 Å². The predicted octanol–water partition coefficient (Wildman–Crippen LogP) is -0.888. The van der Waals surface area contributed by atoms with Crippen LogP contribution in [0.2, 0.25) is 0 Å². The van der Waals surface area contributed by atoms with E-state index in [-0.39, 0.29) is 10.9 Å². The molecule has 2 N–H and O–H groups in total. The highest BCUT2D eigenvalue weighted by Crippen LogP contribution is 2.15. The Morgan fingerprint density at radius 2 is 1.95 bits per heavy atom. The molecule has 1 fully saturated rings. The standard InChI is InChI=1S/C9H16N4O4S2/c1-18(14,15)13-4-2-8(3-5-13)12-19(16,17)9-6-10-11-7-9/h6-8,12H,2-5H2,1H3,(H,10,11). The summed E-state index contributed by atoms with van der Waals surface area (Å²) in [6.07, 6.45) is 4.61. The summed E-state index contributed by atoms with van der Waals surface area (Å²) in [7, 11) is -6.78. The molecule has 0 spiro atoms. The van der Waals surface area contributed by atoms with Gasteiger partial charge < -0.3 is 0 Å². The second-order valence-corrected chi connectivity index (χ2v) is 8.19. The van der Waals surface area contributed by atoms with E-state index in [2.05, 4.69) is 14.9 Å². The maximum atomic E-state index is 11.9. The molecule has 0 saturated carbocycles. The first-order valence-corrected chi connectivity index (χ1v) is 9.08. The van der Waals surface area contributed by atoms with E-state index in [1.807, 2.05) is 0 Å². The van der Waals surface area contributed by atoms with E-state index in [1.165, 1.54) is 16.7 Å². The molecule has 1 aromatic heterocycles. The van der Waals surface area contributed by atoms with Crippen LogP contribution in [0.15, 0.2) is 17.3 Å². The minimum Gasteiger partial charge on any atom is -0.284 e. The maximum absolute atomic E-state index is 11.9. The number of aromatic amines is 1. The number of hydrogen-bond donors (Lipinski definition) is 2. The van der Waals surface area contributed by atoms with Gasteiger partial charge in [0.05, 0.1) is 12.5 Å². The van der Waals surface area contributed by atoms with Crippen molar-refractivity contribution >= 4 is 20.0 Å². The van der Waals surface area contributed by atoms with Crippen molar-refractivity contribution in [1.82, 2.24) is 19.2 Å². The molecule has 1 aliphatic heterocycles. The van der Waals surface area contributed by atoms with Crippen LogP contribution in [0.4, 0.5) is 0 Å². The monoisotopic (exact) mass is 308 g/mol. The zero-order valence-corrected chi connectivity index (χ0v) is 12.0. The van der Waals surface area contributed by atoms with Crippen molar-refractivity contribution in [3.8, 4) is 0 Å². The van der Waals surface area contributed by atoms with Gasteiger partial charge in [-0.15, -0.1) is 0 Å². The average molecular weight is 308 g/mol. The Balaban J connectivity index is 1.97. The van der Waals surface area contributed by atoms with Gasteiger partial charge in [0.1, 0.15) is 4.90 Å². The van der Waals surface area contributed by atoms with Gasteiger partial charge in [0.25, 0.3) is 0 Å². The molecule has 2 heterocycles. The van der Waals surface area contributed by atoms with Gasteiger partial charge in [-0.1, -0.05) is 0 Å². The molecule has 2 rings (SSSR count). The lowest BCUT2D eigenvalue weighted by atomic mass is 10.1. The van der Waals surface area contributed by atoms with Crippen LogP contribution in [0.1, 0.15) is 12.8 Å². The van der Waals surface area contributed by atoms with Gasteiger partial charge >= 0.3 is 0 Å². The lowest BCUT2D eigenvalue weighted by molar-refractivity contribution is 0.310. The molecule has 0 bridgehead atoms. The third-order valence-electron chi connectivity index (χ3n) is 3.03. The molecule has 0 unspecified atom stereocenters. The second kappa shape index (κ2) is 5.19. The van der Waals surface area contributed by atoms with Crippen LogP contribution in [0.5, 0.6) is 0 Å². The molecule has 0 atom stereocenters. The number of hydrogen-bond acceptors (Lipinski definition) is 5. The van der Waals surface area contributed by atoms with E-state index in [4.69, 9.17) is 0 Å². The minimum atomic E-state index is -3.58. The normalized spacial score (nSPS) is 19.6. The molecule has 108 valence electrons. The first-order valence-electron chi connectivity index (χ1n) is 5.75. The van der Waals surface area contributed by atoms with Crippen molar-refractivity contribution < 1.29 is 16.8 Å². The Morgan fingerprint density at radius 3 is 2.42 bits per heavy atom. The van der Waals surface area contributed by atoms with Crippen molar-refractivity contribution in [2.45, 2.75) is 23.8 Å². The van der Waals surface area contributed by atoms with Crippen molar-refractivity contribution in [3.05, 3.63) is 12.4 Å². The quantitative estimate of drug-likeness (QED) is 0.749. The largest absolute Gasteiger partial charge is 0.284 e. The Kier molecular flexibility index (Phi) is 3.95. The average Bonchev–Trinajstić information content (AvgIpc) is 2.82. The zero-order chi connectivity index (χ0) is 14.1. The molecular weight excluding hydrogens is 292 g/mol. The van der Waals surface area contributed by atoms with E-state index in [1.54, 1.807) is 0 Å². The van der Waals surface area contributed by atoms with E-state index in [9.17, 15) is 16.8 Å². The third-order valence-corrected chi connectivity index (χ3v) is 5.82. The molecule has 0 radical (unpaired) electrons. The van der Waals surface area contributed by atoms with Crippen LogP contribution < -0.4 is 4.72 Å². The zero-order valence-electron chi connectivity index (χ0n) is 10.4. The van der Waals surface area contributed by atoms with Gasteiger partial charge in [0, 0.05) is 25.3 Å². The van der Waals surface area contributed by atoms with Gasteiger partial charge in [0.15, 0.2) is 0 Å². The summed E-state index contributed by atoms with van der Waals surface area (Å²) in [5.74, 6) is 0. The Bertz CT molecular complexity index is 615. The van der Waals surface area contributed by atoms with Crippen LogP contribution in [0, 0.1) is 0 Å². The number of nitrogens with zero attached hydrogens (tertiary/aromatic N) is 2. The number of sulfonamides is 2. The van der Waals surface area contributed by atoms with E-state index in [0.717, 1.165) is 6.26 Å². The molecule has 1 aromatic rings. The smallest absolute Gasteiger partial charge is 0.243 e. The molecule has 0 aliphatic carbocycles. The number of H-pyrrole nitrogens is 1. The third kappa shape index (κ3) is 3.53. The Labute approximate surface area is 112 Å². The fourth-order valence-electron chi connectivity index (χ4n) is 1.98. The molecule has 8 nitrogen and oxygen atoms in total. The second-order valence-electron chi connectivity index (χ2n) is 4.49. The SMILES string of the molecule is CS(=O)(=O)N1CCC(NS(=O)(=O)c2cn[nH]c2)CC1. The molecular formula is C9H16N4O4S2. The highest BCUT2D eigenvalue weighted by atomic mass is 32.2. The van der Waals surface area contributed by atoms with E-state index >= 15 is 0 Å². The molecule has 0 aromatic carbocycles. The fraction of sp³-hybridized carbons (Fsp3) is 0.667. The summed E-state index contributed by atoms with van der Waals surface area (Å²) in [6.45, 7) is 0.662. The summed E-state index contributed by atoms with van der Waals surface area (Å²) >= 11 is 0. The van der Waals surface area contributed by atoms with Crippen molar-refractivity contribution in [1.29, 1.82) is 0 Å². The van der Waals surface area contributed by atoms with Crippen LogP contribution in [-0.2, 0) is 20.0 Å². The molecule has 1 aliphatic rings. The van der Waals surface area contributed by atoms with Gasteiger partial charge in [-0.3, -0.25) is 5.10 Å². The van der Waals surface area contributed by atoms with Crippen LogP contribution in [-0.4, -0.2) is 56.7 Å². The minimum absolute atomic E-state index is 0.0815. The van der Waals surface area contributed by atoms with E-state index in [0.29, 0.717) is 25.9 Å². The molecule has 1 saturated heterocycles. The first kappa shape index (κ1) is 14.4. The summed E-state index contributed by atoms with van der Waals surface area (Å²) in [4.78, 5) is 0.0815. The topological polar surface area (TPSA) is 112 Å². The summed E-state index contributed by atoms with van der Waals surface area (Å²) in [5, 5.41) is 6.04. The van der Waals surface area contributed by atoms with Gasteiger partial charge in [-0.25, -0.2) is 25.9 Å². The molecule has 10 heteroatoms. The molecule has 19 heavy (non-hydrogen) atoms. The summed E-state index contributed by atoms with van der Waals surface area (Å²) in [6, 6.07) is -0.252. The molecule has 0 amide bonds. The predicted molar refractivity (Wildman–Crippen MR) is 68.3 cm³/mol. The highest BCUT2D eigenvalue weighted by Gasteiger charge is 2.28. The highest BCUT2D eigenvalue weighted by molar-refractivity contribution is 7.89. The maximum Gasteiger partial charge on any atom is 0.243 e. The van der Waals surface area contributed by atoms with Crippen LogP contribution in [0.3, 0.4) is 0 Å². The fourth-order valence-corrected chi connectivity index (χ4v) is 4.06. The lowest BCUT2D eigenvalue weighted by Gasteiger charge is -2.30. The van der Waals surface area contributed by atoms with Crippen molar-refractivity contribution in [2.24, 2.45) is 0 Å². The van der Waals surface area contributed by atoms with Gasteiger partial charge in [0.2, 0.25) is 20.0 Å². The number of rotatable bonds is 4. The Morgan fingerprint density at radius 1 is 1.32 bits per heavy atom. The number of piperidine rings is 1. The first-order chi connectivity index (χ1) is 8.79. The number of nitrogens with one attached hydrogen (secondary N) is 2. The van der Waals surface area contributed by atoms with Crippen LogP contribution >= 0.6 is 0 Å². The van der Waals surface area contributed by atoms with Crippen molar-refractivity contribution in [3.63, 3.8) is 0 Å².